The van der Waals surface area contributed by atoms with Gasteiger partial charge in [0.05, 0.1) is 26.6 Å². The number of carbonyl (C=O) groups is 4. The second kappa shape index (κ2) is 8.50. The van der Waals surface area contributed by atoms with E-state index >= 15 is 0 Å². The molecule has 0 spiro atoms. The minimum atomic E-state index is -1.41. The van der Waals surface area contributed by atoms with Crippen LogP contribution in [0, 0.1) is 5.92 Å². The molecule has 2 amide bonds. The zero-order valence-electron chi connectivity index (χ0n) is 17.0. The van der Waals surface area contributed by atoms with Crippen molar-refractivity contribution in [2.75, 3.05) is 14.2 Å². The Morgan fingerprint density at radius 1 is 1.10 bits per heavy atom. The average Bonchev–Trinajstić information content (AvgIpc) is 2.92. The topological polar surface area (TPSA) is 119 Å². The number of amides is 2. The maximum absolute atomic E-state index is 13.3. The molecule has 1 heterocycles. The van der Waals surface area contributed by atoms with E-state index in [1.165, 1.54) is 19.2 Å². The van der Waals surface area contributed by atoms with Gasteiger partial charge >= 0.3 is 18.0 Å². The molecule has 1 aliphatic rings. The lowest BCUT2D eigenvalue weighted by Gasteiger charge is -2.27. The van der Waals surface area contributed by atoms with E-state index in [1.807, 2.05) is 0 Å². The maximum atomic E-state index is 13.3. The summed E-state index contributed by atoms with van der Waals surface area (Å²) >= 11 is 0. The van der Waals surface area contributed by atoms with Gasteiger partial charge in [-0.2, -0.15) is 0 Å². The van der Waals surface area contributed by atoms with Crippen LogP contribution < -0.4 is 0 Å². The van der Waals surface area contributed by atoms with Crippen LogP contribution in [-0.2, 0) is 28.6 Å². The smallest absolute Gasteiger partial charge is 0.417 e. The number of hydrogen-bond donors (Lipinski definition) is 1. The molecule has 1 N–H and O–H groups in total. The van der Waals surface area contributed by atoms with E-state index < -0.39 is 47.4 Å². The van der Waals surface area contributed by atoms with E-state index in [-0.39, 0.29) is 17.7 Å². The Morgan fingerprint density at radius 2 is 1.72 bits per heavy atom. The van der Waals surface area contributed by atoms with Gasteiger partial charge in [0, 0.05) is 11.5 Å². The van der Waals surface area contributed by atoms with Gasteiger partial charge in [-0.25, -0.2) is 14.5 Å². The number of likely N-dealkylation sites (tertiary alicyclic amines) is 1. The number of esters is 2. The summed E-state index contributed by atoms with van der Waals surface area (Å²) in [5.74, 6) is -4.69. The number of phenols is 1. The van der Waals surface area contributed by atoms with Crippen molar-refractivity contribution in [2.45, 2.75) is 44.8 Å². The number of benzene rings is 1. The van der Waals surface area contributed by atoms with Crippen molar-refractivity contribution in [2.24, 2.45) is 5.92 Å². The van der Waals surface area contributed by atoms with E-state index in [0.717, 1.165) is 7.11 Å². The quantitative estimate of drug-likeness (QED) is 0.594. The van der Waals surface area contributed by atoms with Crippen LogP contribution in [0.25, 0.3) is 0 Å². The van der Waals surface area contributed by atoms with Crippen molar-refractivity contribution in [3.8, 4) is 5.75 Å². The SMILES string of the molecule is COC(=O)C[C@@H]1[C@@H](C(=O)OC)N(C(=O)OC(C)(C)C)C(=O)[C@H]1c1ccccc1O. The Labute approximate surface area is 168 Å². The molecule has 1 saturated heterocycles. The van der Waals surface area contributed by atoms with Gasteiger partial charge in [-0.05, 0) is 26.8 Å². The van der Waals surface area contributed by atoms with Gasteiger partial charge in [0.25, 0.3) is 0 Å². The number of rotatable bonds is 4. The predicted molar refractivity (Wildman–Crippen MR) is 99.9 cm³/mol. The maximum Gasteiger partial charge on any atom is 0.417 e. The molecule has 1 aliphatic heterocycles. The molecule has 0 aromatic heterocycles. The lowest BCUT2D eigenvalue weighted by atomic mass is 9.82. The van der Waals surface area contributed by atoms with Crippen LogP contribution in [0.15, 0.2) is 24.3 Å². The molecule has 1 fully saturated rings. The van der Waals surface area contributed by atoms with E-state index in [9.17, 15) is 24.3 Å². The first-order valence-corrected chi connectivity index (χ1v) is 9.00. The largest absolute Gasteiger partial charge is 0.508 e. The van der Waals surface area contributed by atoms with Crippen LogP contribution in [0.2, 0.25) is 0 Å². The molecule has 3 atom stereocenters. The van der Waals surface area contributed by atoms with Crippen LogP contribution in [0.1, 0.15) is 38.7 Å². The van der Waals surface area contributed by atoms with Gasteiger partial charge in [-0.15, -0.1) is 0 Å². The number of para-hydroxylation sites is 1. The molecule has 0 bridgehead atoms. The normalized spacial score (nSPS) is 21.6. The Balaban J connectivity index is 2.60. The lowest BCUT2D eigenvalue weighted by Crippen LogP contribution is -2.48. The third-order valence-corrected chi connectivity index (χ3v) is 4.55. The van der Waals surface area contributed by atoms with E-state index in [4.69, 9.17) is 14.2 Å². The molecule has 0 saturated carbocycles. The summed E-state index contributed by atoms with van der Waals surface area (Å²) in [6.45, 7) is 4.85. The summed E-state index contributed by atoms with van der Waals surface area (Å²) < 4.78 is 14.8. The van der Waals surface area contributed by atoms with Crippen molar-refractivity contribution >= 4 is 23.9 Å². The van der Waals surface area contributed by atoms with Gasteiger partial charge in [0.1, 0.15) is 17.4 Å². The molecule has 2 rings (SSSR count). The first kappa shape index (κ1) is 22.2. The van der Waals surface area contributed by atoms with Crippen LogP contribution >= 0.6 is 0 Å². The molecule has 9 nitrogen and oxygen atoms in total. The molecule has 9 heteroatoms. The summed E-state index contributed by atoms with van der Waals surface area (Å²) in [6, 6.07) is 4.62. The fourth-order valence-corrected chi connectivity index (χ4v) is 3.38. The fourth-order valence-electron chi connectivity index (χ4n) is 3.38. The van der Waals surface area contributed by atoms with E-state index in [0.29, 0.717) is 4.90 Å². The van der Waals surface area contributed by atoms with Gasteiger partial charge in [0.15, 0.2) is 0 Å². The van der Waals surface area contributed by atoms with E-state index in [1.54, 1.807) is 32.9 Å². The number of carbonyl (C=O) groups excluding carboxylic acids is 4. The summed E-state index contributed by atoms with van der Waals surface area (Å²) in [6.07, 6.45) is -1.38. The molecule has 0 aliphatic carbocycles. The van der Waals surface area contributed by atoms with Gasteiger partial charge in [-0.1, -0.05) is 18.2 Å². The summed E-state index contributed by atoms with van der Waals surface area (Å²) in [4.78, 5) is 51.2. The molecular weight excluding hydrogens is 382 g/mol. The number of methoxy groups -OCH3 is 2. The monoisotopic (exact) mass is 407 g/mol. The minimum absolute atomic E-state index is 0.186. The highest BCUT2D eigenvalue weighted by Gasteiger charge is 2.57. The van der Waals surface area contributed by atoms with E-state index in [2.05, 4.69) is 0 Å². The molecule has 1 aromatic rings. The van der Waals surface area contributed by atoms with Gasteiger partial charge in [-0.3, -0.25) is 9.59 Å². The Bertz CT molecular complexity index is 813. The zero-order chi connectivity index (χ0) is 21.9. The first-order chi connectivity index (χ1) is 13.5. The fraction of sp³-hybridized carbons (Fsp3) is 0.500. The Kier molecular flexibility index (Phi) is 6.51. The van der Waals surface area contributed by atoms with Crippen molar-refractivity contribution < 1.29 is 38.5 Å². The third kappa shape index (κ3) is 4.67. The zero-order valence-corrected chi connectivity index (χ0v) is 17.0. The highest BCUT2D eigenvalue weighted by molar-refractivity contribution is 6.04. The number of imide groups is 1. The third-order valence-electron chi connectivity index (χ3n) is 4.55. The van der Waals surface area contributed by atoms with Crippen molar-refractivity contribution in [3.63, 3.8) is 0 Å². The molecule has 0 radical (unpaired) electrons. The summed E-state index contributed by atoms with van der Waals surface area (Å²) in [5.41, 5.74) is -0.741. The average molecular weight is 407 g/mol. The molecular formula is C20H25NO8. The van der Waals surface area contributed by atoms with Crippen LogP contribution in [0.5, 0.6) is 5.75 Å². The predicted octanol–water partition coefficient (Wildman–Crippen LogP) is 1.97. The number of phenolic OH excluding ortho intramolecular Hbond substituents is 1. The van der Waals surface area contributed by atoms with Crippen LogP contribution in [0.3, 0.4) is 0 Å². The Morgan fingerprint density at radius 3 is 2.24 bits per heavy atom. The van der Waals surface area contributed by atoms with Crippen molar-refractivity contribution in [1.82, 2.24) is 4.90 Å². The number of hydrogen-bond acceptors (Lipinski definition) is 8. The summed E-state index contributed by atoms with van der Waals surface area (Å²) in [5, 5.41) is 10.3. The molecule has 0 unspecified atom stereocenters. The minimum Gasteiger partial charge on any atom is -0.508 e. The van der Waals surface area contributed by atoms with Gasteiger partial charge < -0.3 is 19.3 Å². The van der Waals surface area contributed by atoms with Crippen molar-refractivity contribution in [3.05, 3.63) is 29.8 Å². The highest BCUT2D eigenvalue weighted by Crippen LogP contribution is 2.44. The van der Waals surface area contributed by atoms with Crippen LogP contribution in [0.4, 0.5) is 4.79 Å². The van der Waals surface area contributed by atoms with Crippen molar-refractivity contribution in [1.29, 1.82) is 0 Å². The second-order valence-corrected chi connectivity index (χ2v) is 7.64. The number of nitrogens with zero attached hydrogens (tertiary/aromatic N) is 1. The Hall–Kier alpha value is -3.10. The number of ether oxygens (including phenoxy) is 3. The highest BCUT2D eigenvalue weighted by atomic mass is 16.6. The second-order valence-electron chi connectivity index (χ2n) is 7.64. The summed E-state index contributed by atoms with van der Waals surface area (Å²) in [7, 11) is 2.29. The number of aromatic hydroxyl groups is 1. The molecule has 158 valence electrons. The van der Waals surface area contributed by atoms with Crippen LogP contribution in [-0.4, -0.2) is 59.8 Å². The molecule has 29 heavy (non-hydrogen) atoms. The molecule has 1 aromatic carbocycles. The van der Waals surface area contributed by atoms with Gasteiger partial charge in [0.2, 0.25) is 5.91 Å². The first-order valence-electron chi connectivity index (χ1n) is 9.00. The lowest BCUT2D eigenvalue weighted by molar-refractivity contribution is -0.150. The standard InChI is InChI=1S/C20H25NO8/c1-20(2,3)29-19(26)21-16(18(25)28-5)12(10-14(23)27-4)15(17(21)24)11-8-6-7-9-13(11)22/h6-9,12,15-16,22H,10H2,1-5H3/t12-,15-,16-/m0/s1.